The van der Waals surface area contributed by atoms with Gasteiger partial charge in [-0.05, 0) is 39.8 Å². The zero-order valence-electron chi connectivity index (χ0n) is 11.2. The molecule has 2 rings (SSSR count). The Morgan fingerprint density at radius 3 is 2.56 bits per heavy atom. The molecule has 0 amide bonds. The Bertz CT molecular complexity index is 392. The van der Waals surface area contributed by atoms with Gasteiger partial charge < -0.3 is 10.4 Å². The van der Waals surface area contributed by atoms with Crippen molar-refractivity contribution in [2.45, 2.75) is 43.3 Å². The van der Waals surface area contributed by atoms with E-state index in [0.717, 1.165) is 25.7 Å². The molecule has 0 aromatic heterocycles. The summed E-state index contributed by atoms with van der Waals surface area (Å²) in [5.74, 6) is 0.623. The summed E-state index contributed by atoms with van der Waals surface area (Å²) in [6.45, 7) is 0.150. The fraction of sp³-hybridized carbons (Fsp3) is 1.00. The number of hydrogen-bond acceptors (Lipinski definition) is 5. The molecule has 3 unspecified atom stereocenters. The predicted octanol–water partition coefficient (Wildman–Crippen LogP) is -0.392. The molecule has 1 heterocycles. The molecular weight excluding hydrogens is 252 g/mol. The lowest BCUT2D eigenvalue weighted by molar-refractivity contribution is 0.145. The summed E-state index contributed by atoms with van der Waals surface area (Å²) in [6.07, 6.45) is 3.62. The summed E-state index contributed by atoms with van der Waals surface area (Å²) >= 11 is 0. The summed E-state index contributed by atoms with van der Waals surface area (Å²) in [6, 6.07) is 0.536. The molecule has 0 aromatic carbocycles. The van der Waals surface area contributed by atoms with Crippen molar-refractivity contribution in [3.8, 4) is 0 Å². The van der Waals surface area contributed by atoms with E-state index in [4.69, 9.17) is 0 Å². The molecule has 0 spiro atoms. The van der Waals surface area contributed by atoms with Crippen LogP contribution in [0.1, 0.15) is 25.7 Å². The Kier molecular flexibility index (Phi) is 4.02. The molecule has 1 saturated heterocycles. The molecule has 2 N–H and O–H groups in total. The minimum absolute atomic E-state index is 0.150. The average molecular weight is 276 g/mol. The lowest BCUT2D eigenvalue weighted by Gasteiger charge is -2.32. The van der Waals surface area contributed by atoms with Gasteiger partial charge in [0.15, 0.2) is 9.84 Å². The molecule has 2 fully saturated rings. The summed E-state index contributed by atoms with van der Waals surface area (Å²) in [5, 5.41) is 12.7. The summed E-state index contributed by atoms with van der Waals surface area (Å²) in [5.41, 5.74) is -0.170. The van der Waals surface area contributed by atoms with E-state index >= 15 is 0 Å². The Balaban J connectivity index is 1.98. The van der Waals surface area contributed by atoms with Crippen LogP contribution in [-0.2, 0) is 9.84 Å². The largest absolute Gasteiger partial charge is 0.394 e. The number of nitrogens with zero attached hydrogens (tertiary/aromatic N) is 1. The Morgan fingerprint density at radius 2 is 2.11 bits per heavy atom. The van der Waals surface area contributed by atoms with Crippen molar-refractivity contribution in [2.24, 2.45) is 0 Å². The van der Waals surface area contributed by atoms with Crippen molar-refractivity contribution in [1.82, 2.24) is 10.2 Å². The number of aliphatic hydroxyl groups excluding tert-OH is 1. The lowest BCUT2D eigenvalue weighted by atomic mass is 9.98. The van der Waals surface area contributed by atoms with Gasteiger partial charge in [-0.25, -0.2) is 8.42 Å². The minimum Gasteiger partial charge on any atom is -0.394 e. The van der Waals surface area contributed by atoms with Crippen molar-refractivity contribution in [3.63, 3.8) is 0 Å². The van der Waals surface area contributed by atoms with Crippen LogP contribution in [0.25, 0.3) is 0 Å². The van der Waals surface area contributed by atoms with Gasteiger partial charge >= 0.3 is 0 Å². The molecular formula is C12H24N2O3S. The third kappa shape index (κ3) is 2.71. The molecule has 0 aromatic rings. The van der Waals surface area contributed by atoms with E-state index in [0.29, 0.717) is 17.5 Å². The molecule has 0 radical (unpaired) electrons. The van der Waals surface area contributed by atoms with Crippen LogP contribution < -0.4 is 5.32 Å². The monoisotopic (exact) mass is 276 g/mol. The van der Waals surface area contributed by atoms with Gasteiger partial charge in [-0.2, -0.15) is 0 Å². The van der Waals surface area contributed by atoms with Crippen LogP contribution in [0.5, 0.6) is 0 Å². The second-order valence-corrected chi connectivity index (χ2v) is 8.04. The SMILES string of the molecule is CNC1(CO)CCC(N(C)C2CCS(=O)(=O)C2)C1. The number of sulfone groups is 1. The highest BCUT2D eigenvalue weighted by molar-refractivity contribution is 7.91. The molecule has 3 atom stereocenters. The van der Waals surface area contributed by atoms with Crippen LogP contribution in [0, 0.1) is 0 Å². The second kappa shape index (κ2) is 5.07. The number of likely N-dealkylation sites (N-methyl/N-ethyl adjacent to an activating group) is 1. The van der Waals surface area contributed by atoms with Gasteiger partial charge in [0.25, 0.3) is 0 Å². The van der Waals surface area contributed by atoms with Gasteiger partial charge in [0, 0.05) is 17.6 Å². The smallest absolute Gasteiger partial charge is 0.151 e. The number of aliphatic hydroxyl groups is 1. The summed E-state index contributed by atoms with van der Waals surface area (Å²) in [7, 11) is 1.10. The van der Waals surface area contributed by atoms with Gasteiger partial charge in [-0.15, -0.1) is 0 Å². The third-order valence-corrected chi connectivity index (χ3v) is 6.53. The normalized spacial score (nSPS) is 39.6. The molecule has 1 saturated carbocycles. The van der Waals surface area contributed by atoms with Crippen LogP contribution in [0.4, 0.5) is 0 Å². The van der Waals surface area contributed by atoms with Crippen LogP contribution in [-0.4, -0.2) is 68.3 Å². The van der Waals surface area contributed by atoms with E-state index in [1.165, 1.54) is 0 Å². The van der Waals surface area contributed by atoms with E-state index < -0.39 is 9.84 Å². The van der Waals surface area contributed by atoms with E-state index in [9.17, 15) is 13.5 Å². The molecule has 18 heavy (non-hydrogen) atoms. The predicted molar refractivity (Wildman–Crippen MR) is 71.3 cm³/mol. The highest BCUT2D eigenvalue weighted by Gasteiger charge is 2.42. The van der Waals surface area contributed by atoms with E-state index in [-0.39, 0.29) is 18.2 Å². The maximum Gasteiger partial charge on any atom is 0.151 e. The average Bonchev–Trinajstić information content (AvgIpc) is 2.92. The number of rotatable bonds is 4. The summed E-state index contributed by atoms with van der Waals surface area (Å²) in [4.78, 5) is 2.22. The quantitative estimate of drug-likeness (QED) is 0.732. The van der Waals surface area contributed by atoms with Gasteiger partial charge in [0.2, 0.25) is 0 Å². The Hall–Kier alpha value is -0.170. The molecule has 2 aliphatic rings. The zero-order chi connectivity index (χ0) is 13.4. The fourth-order valence-corrected chi connectivity index (χ4v) is 5.08. The first-order chi connectivity index (χ1) is 8.41. The first-order valence-electron chi connectivity index (χ1n) is 6.63. The Morgan fingerprint density at radius 1 is 1.39 bits per heavy atom. The van der Waals surface area contributed by atoms with Crippen molar-refractivity contribution in [2.75, 3.05) is 32.2 Å². The van der Waals surface area contributed by atoms with Crippen molar-refractivity contribution in [3.05, 3.63) is 0 Å². The van der Waals surface area contributed by atoms with Gasteiger partial charge in [0.1, 0.15) is 0 Å². The van der Waals surface area contributed by atoms with E-state index in [1.807, 2.05) is 14.1 Å². The highest BCUT2D eigenvalue weighted by atomic mass is 32.2. The fourth-order valence-electron chi connectivity index (χ4n) is 3.29. The zero-order valence-corrected chi connectivity index (χ0v) is 12.0. The molecule has 1 aliphatic heterocycles. The number of nitrogens with one attached hydrogen (secondary N) is 1. The van der Waals surface area contributed by atoms with E-state index in [2.05, 4.69) is 10.2 Å². The number of hydrogen-bond donors (Lipinski definition) is 2. The molecule has 106 valence electrons. The second-order valence-electron chi connectivity index (χ2n) is 5.81. The van der Waals surface area contributed by atoms with Gasteiger partial charge in [-0.1, -0.05) is 0 Å². The van der Waals surface area contributed by atoms with Gasteiger partial charge in [0.05, 0.1) is 18.1 Å². The van der Waals surface area contributed by atoms with Crippen molar-refractivity contribution < 1.29 is 13.5 Å². The molecule has 0 bridgehead atoms. The molecule has 5 nitrogen and oxygen atoms in total. The van der Waals surface area contributed by atoms with Crippen LogP contribution in [0.2, 0.25) is 0 Å². The molecule has 6 heteroatoms. The lowest BCUT2D eigenvalue weighted by Crippen LogP contribution is -2.47. The maximum atomic E-state index is 11.5. The molecule has 1 aliphatic carbocycles. The van der Waals surface area contributed by atoms with Crippen LogP contribution >= 0.6 is 0 Å². The summed E-state index contributed by atoms with van der Waals surface area (Å²) < 4.78 is 23.0. The Labute approximate surface area is 109 Å². The first kappa shape index (κ1) is 14.2. The van der Waals surface area contributed by atoms with Crippen molar-refractivity contribution in [1.29, 1.82) is 0 Å². The van der Waals surface area contributed by atoms with Crippen molar-refractivity contribution >= 4 is 9.84 Å². The highest BCUT2D eigenvalue weighted by Crippen LogP contribution is 2.34. The first-order valence-corrected chi connectivity index (χ1v) is 8.46. The van der Waals surface area contributed by atoms with E-state index in [1.54, 1.807) is 0 Å². The van der Waals surface area contributed by atoms with Crippen LogP contribution in [0.3, 0.4) is 0 Å². The standard InChI is InChI=1S/C12H24N2O3S/c1-13-12(9-15)5-3-10(7-12)14(2)11-4-6-18(16,17)8-11/h10-11,13,15H,3-9H2,1-2H3. The van der Waals surface area contributed by atoms with Gasteiger partial charge in [-0.3, -0.25) is 4.90 Å². The topological polar surface area (TPSA) is 69.6 Å². The third-order valence-electron chi connectivity index (χ3n) is 4.78. The maximum absolute atomic E-state index is 11.5. The van der Waals surface area contributed by atoms with Crippen LogP contribution in [0.15, 0.2) is 0 Å². The minimum atomic E-state index is -2.82.